The molecule has 3 rings (SSSR count). The Morgan fingerprint density at radius 1 is 0.850 bits per heavy atom. The van der Waals surface area contributed by atoms with E-state index in [0.717, 1.165) is 11.1 Å². The monoisotopic (exact) mass is 256 g/mol. The Kier molecular flexibility index (Phi) is 2.46. The molecule has 0 aliphatic heterocycles. The summed E-state index contributed by atoms with van der Waals surface area (Å²) in [6.45, 7) is 0. The third-order valence-electron chi connectivity index (χ3n) is 2.93. The van der Waals surface area contributed by atoms with Crippen LogP contribution in [0.2, 0.25) is 0 Å². The maximum Gasteiger partial charge on any atom is 0.206 e. The number of benzene rings is 1. The SMILES string of the molecule is N#CN=C1c2ccccc2-c2nc(C#N)c(C#N)nc21. The Bertz CT molecular complexity index is 889. The second-order valence-electron chi connectivity index (χ2n) is 3.95. The second kappa shape index (κ2) is 4.28. The Morgan fingerprint density at radius 3 is 2.05 bits per heavy atom. The molecule has 2 aromatic rings. The van der Waals surface area contributed by atoms with Crippen molar-refractivity contribution in [2.75, 3.05) is 0 Å². The van der Waals surface area contributed by atoms with E-state index in [0.29, 0.717) is 17.1 Å². The normalized spacial score (nSPS) is 12.9. The van der Waals surface area contributed by atoms with Crippen LogP contribution in [0.4, 0.5) is 0 Å². The maximum atomic E-state index is 9.01. The molecular weight excluding hydrogens is 252 g/mol. The number of rotatable bonds is 0. The van der Waals surface area contributed by atoms with Crippen LogP contribution < -0.4 is 0 Å². The van der Waals surface area contributed by atoms with Gasteiger partial charge < -0.3 is 0 Å². The van der Waals surface area contributed by atoms with Crippen molar-refractivity contribution in [2.24, 2.45) is 4.99 Å². The van der Waals surface area contributed by atoms with E-state index in [-0.39, 0.29) is 11.4 Å². The molecule has 0 spiro atoms. The first-order valence-corrected chi connectivity index (χ1v) is 5.59. The highest BCUT2D eigenvalue weighted by atomic mass is 14.9. The average molecular weight is 256 g/mol. The standard InChI is InChI=1S/C14H4N6/c15-5-10-11(6-16)20-14-12(18-7-17)8-3-1-2-4-9(8)13(14)19-10/h1-4H. The van der Waals surface area contributed by atoms with Gasteiger partial charge in [0.25, 0.3) is 0 Å². The smallest absolute Gasteiger partial charge is 0.206 e. The third kappa shape index (κ3) is 1.45. The number of fused-ring (bicyclic) bond motifs is 3. The zero-order valence-electron chi connectivity index (χ0n) is 9.99. The second-order valence-corrected chi connectivity index (χ2v) is 3.95. The van der Waals surface area contributed by atoms with Crippen LogP contribution in [-0.2, 0) is 0 Å². The van der Waals surface area contributed by atoms with Crippen molar-refractivity contribution in [3.8, 4) is 29.6 Å². The lowest BCUT2D eigenvalue weighted by Crippen LogP contribution is -2.05. The van der Waals surface area contributed by atoms with Crippen molar-refractivity contribution in [2.45, 2.75) is 0 Å². The maximum absolute atomic E-state index is 9.01. The summed E-state index contributed by atoms with van der Waals surface area (Å²) >= 11 is 0. The molecule has 0 N–H and O–H groups in total. The topological polar surface area (TPSA) is 110 Å². The molecule has 0 amide bonds. The minimum Gasteiger partial charge on any atom is -0.232 e. The molecule has 1 heterocycles. The van der Waals surface area contributed by atoms with Gasteiger partial charge in [0.2, 0.25) is 6.19 Å². The lowest BCUT2D eigenvalue weighted by molar-refractivity contribution is 1.13. The molecule has 0 atom stereocenters. The van der Waals surface area contributed by atoms with Crippen LogP contribution in [0.5, 0.6) is 0 Å². The molecule has 0 bridgehead atoms. The summed E-state index contributed by atoms with van der Waals surface area (Å²) in [5.41, 5.74) is 2.61. The van der Waals surface area contributed by atoms with Gasteiger partial charge in [0.1, 0.15) is 29.2 Å². The summed E-state index contributed by atoms with van der Waals surface area (Å²) < 4.78 is 0. The quantitative estimate of drug-likeness (QED) is 0.566. The van der Waals surface area contributed by atoms with Gasteiger partial charge in [-0.05, 0) is 0 Å². The van der Waals surface area contributed by atoms with Crippen molar-refractivity contribution in [1.29, 1.82) is 15.8 Å². The first-order chi connectivity index (χ1) is 9.80. The molecule has 1 aliphatic carbocycles. The van der Waals surface area contributed by atoms with Crippen LogP contribution in [0.3, 0.4) is 0 Å². The van der Waals surface area contributed by atoms with Gasteiger partial charge in [-0.15, -0.1) is 0 Å². The third-order valence-corrected chi connectivity index (χ3v) is 2.93. The summed E-state index contributed by atoms with van der Waals surface area (Å²) in [7, 11) is 0. The molecule has 0 fully saturated rings. The van der Waals surface area contributed by atoms with Crippen LogP contribution in [0.1, 0.15) is 22.6 Å². The number of aromatic nitrogens is 2. The molecule has 6 nitrogen and oxygen atoms in total. The van der Waals surface area contributed by atoms with Crippen LogP contribution in [0.25, 0.3) is 11.3 Å². The summed E-state index contributed by atoms with van der Waals surface area (Å²) in [4.78, 5) is 12.1. The number of hydrogen-bond acceptors (Lipinski definition) is 6. The molecule has 0 saturated heterocycles. The van der Waals surface area contributed by atoms with Crippen molar-refractivity contribution < 1.29 is 0 Å². The van der Waals surface area contributed by atoms with E-state index in [2.05, 4.69) is 15.0 Å². The summed E-state index contributed by atoms with van der Waals surface area (Å²) in [5, 5.41) is 26.8. The van der Waals surface area contributed by atoms with Gasteiger partial charge in [-0.3, -0.25) is 0 Å². The number of nitriles is 3. The van der Waals surface area contributed by atoms with Crippen LogP contribution in [-0.4, -0.2) is 15.7 Å². The van der Waals surface area contributed by atoms with E-state index in [1.807, 2.05) is 30.3 Å². The molecule has 0 saturated carbocycles. The lowest BCUT2D eigenvalue weighted by atomic mass is 10.1. The summed E-state index contributed by atoms with van der Waals surface area (Å²) in [6, 6.07) is 10.9. The minimum absolute atomic E-state index is 0.0285. The Labute approximate surface area is 113 Å². The van der Waals surface area contributed by atoms with Gasteiger partial charge in [0.05, 0.1) is 0 Å². The first kappa shape index (κ1) is 11.5. The van der Waals surface area contributed by atoms with E-state index in [9.17, 15) is 0 Å². The average Bonchev–Trinajstić information content (AvgIpc) is 2.80. The predicted octanol–water partition coefficient (Wildman–Crippen LogP) is 1.52. The molecule has 1 aromatic heterocycles. The molecule has 6 heteroatoms. The van der Waals surface area contributed by atoms with E-state index >= 15 is 0 Å². The van der Waals surface area contributed by atoms with Gasteiger partial charge in [0.15, 0.2) is 11.4 Å². The van der Waals surface area contributed by atoms with Crippen molar-refractivity contribution >= 4 is 5.71 Å². The highest BCUT2D eigenvalue weighted by Gasteiger charge is 2.29. The fraction of sp³-hybridized carbons (Fsp3) is 0. The van der Waals surface area contributed by atoms with Gasteiger partial charge in [0, 0.05) is 11.1 Å². The van der Waals surface area contributed by atoms with E-state index < -0.39 is 0 Å². The van der Waals surface area contributed by atoms with Crippen LogP contribution >= 0.6 is 0 Å². The van der Waals surface area contributed by atoms with Crippen LogP contribution in [0.15, 0.2) is 29.3 Å². The van der Waals surface area contributed by atoms with Crippen molar-refractivity contribution in [3.63, 3.8) is 0 Å². The fourth-order valence-corrected chi connectivity index (χ4v) is 2.13. The van der Waals surface area contributed by atoms with E-state index in [4.69, 9.17) is 15.8 Å². The predicted molar refractivity (Wildman–Crippen MR) is 68.2 cm³/mol. The molecule has 90 valence electrons. The van der Waals surface area contributed by atoms with Crippen molar-refractivity contribution in [3.05, 3.63) is 46.9 Å². The zero-order chi connectivity index (χ0) is 14.1. The largest absolute Gasteiger partial charge is 0.232 e. The number of nitrogens with zero attached hydrogens (tertiary/aromatic N) is 6. The van der Waals surface area contributed by atoms with Gasteiger partial charge in [-0.1, -0.05) is 24.3 Å². The number of hydrogen-bond donors (Lipinski definition) is 0. The lowest BCUT2D eigenvalue weighted by Gasteiger charge is -2.00. The first-order valence-electron chi connectivity index (χ1n) is 5.59. The highest BCUT2D eigenvalue weighted by Crippen LogP contribution is 2.34. The Balaban J connectivity index is 2.41. The van der Waals surface area contributed by atoms with E-state index in [1.54, 1.807) is 12.3 Å². The Morgan fingerprint density at radius 2 is 1.45 bits per heavy atom. The van der Waals surface area contributed by atoms with Gasteiger partial charge in [-0.25, -0.2) is 9.97 Å². The number of aliphatic imine (C=N–C) groups is 1. The van der Waals surface area contributed by atoms with Crippen molar-refractivity contribution in [1.82, 2.24) is 9.97 Å². The van der Waals surface area contributed by atoms with Gasteiger partial charge in [-0.2, -0.15) is 20.8 Å². The molecule has 0 radical (unpaired) electrons. The fourth-order valence-electron chi connectivity index (χ4n) is 2.13. The zero-order valence-corrected chi connectivity index (χ0v) is 9.99. The summed E-state index contributed by atoms with van der Waals surface area (Å²) in [6.07, 6.45) is 1.73. The molecule has 1 aliphatic rings. The van der Waals surface area contributed by atoms with E-state index in [1.165, 1.54) is 0 Å². The van der Waals surface area contributed by atoms with Crippen LogP contribution in [0, 0.1) is 34.1 Å². The molecule has 0 unspecified atom stereocenters. The summed E-state index contributed by atoms with van der Waals surface area (Å²) in [5.74, 6) is 0. The molecular formula is C14H4N6. The molecule has 20 heavy (non-hydrogen) atoms. The van der Waals surface area contributed by atoms with Gasteiger partial charge >= 0.3 is 0 Å². The minimum atomic E-state index is -0.0651. The highest BCUT2D eigenvalue weighted by molar-refractivity contribution is 6.23. The molecule has 1 aromatic carbocycles. The Hall–Kier alpha value is -3.56.